The number of carbonyl (C=O) groups is 2. The number of aromatic nitrogens is 2. The Kier molecular flexibility index (Phi) is 6.98. The Morgan fingerprint density at radius 2 is 2.08 bits per heavy atom. The van der Waals surface area contributed by atoms with Gasteiger partial charge in [-0.15, -0.1) is 0 Å². The van der Waals surface area contributed by atoms with Gasteiger partial charge in [0.25, 0.3) is 6.43 Å². The van der Waals surface area contributed by atoms with Crippen LogP contribution in [0.25, 0.3) is 11.3 Å². The summed E-state index contributed by atoms with van der Waals surface area (Å²) in [6.45, 7) is 8.34. The highest BCUT2D eigenvalue weighted by atomic mass is 19.3. The summed E-state index contributed by atoms with van der Waals surface area (Å²) in [5, 5.41) is 12.2. The molecular formula is C24H29F2N5O5. The second-order valence-corrected chi connectivity index (χ2v) is 9.75. The number of amides is 2. The molecule has 36 heavy (non-hydrogen) atoms. The van der Waals surface area contributed by atoms with Crippen LogP contribution in [0, 0.1) is 0 Å². The molecule has 0 saturated carbocycles. The number of hydrogen-bond donors (Lipinski definition) is 2. The molecule has 2 atom stereocenters. The number of nitrogens with one attached hydrogen (secondary N) is 1. The Bertz CT molecular complexity index is 1160. The van der Waals surface area contributed by atoms with Crippen LogP contribution in [0.3, 0.4) is 0 Å². The largest absolute Gasteiger partial charge is 0.444 e. The zero-order chi connectivity index (χ0) is 26.2. The highest BCUT2D eigenvalue weighted by Gasteiger charge is 2.37. The van der Waals surface area contributed by atoms with Gasteiger partial charge in [0.15, 0.2) is 6.10 Å². The van der Waals surface area contributed by atoms with Gasteiger partial charge in [-0.05, 0) is 51.5 Å². The van der Waals surface area contributed by atoms with E-state index in [1.54, 1.807) is 17.0 Å². The van der Waals surface area contributed by atoms with Gasteiger partial charge in [-0.1, -0.05) is 0 Å². The molecule has 0 spiro atoms. The summed E-state index contributed by atoms with van der Waals surface area (Å²) in [5.74, 6) is 0.499. The lowest BCUT2D eigenvalue weighted by Crippen LogP contribution is -2.55. The van der Waals surface area contributed by atoms with E-state index in [-0.39, 0.29) is 24.0 Å². The van der Waals surface area contributed by atoms with Gasteiger partial charge in [0, 0.05) is 37.4 Å². The molecule has 194 valence electrons. The van der Waals surface area contributed by atoms with Crippen LogP contribution >= 0.6 is 0 Å². The second-order valence-electron chi connectivity index (χ2n) is 9.75. The summed E-state index contributed by atoms with van der Waals surface area (Å²) in [7, 11) is 0. The molecule has 0 unspecified atom stereocenters. The van der Waals surface area contributed by atoms with E-state index in [1.165, 1.54) is 12.3 Å². The van der Waals surface area contributed by atoms with E-state index in [9.17, 15) is 23.5 Å². The van der Waals surface area contributed by atoms with Crippen molar-refractivity contribution in [3.63, 3.8) is 0 Å². The summed E-state index contributed by atoms with van der Waals surface area (Å²) in [6, 6.07) is 4.65. The number of fused-ring (bicyclic) bond motifs is 1. The minimum Gasteiger partial charge on any atom is -0.444 e. The van der Waals surface area contributed by atoms with Crippen LogP contribution in [0.5, 0.6) is 0 Å². The molecule has 2 aliphatic rings. The Morgan fingerprint density at radius 3 is 2.72 bits per heavy atom. The van der Waals surface area contributed by atoms with Crippen molar-refractivity contribution in [1.29, 1.82) is 0 Å². The fourth-order valence-electron chi connectivity index (χ4n) is 4.28. The average Bonchev–Trinajstić information content (AvgIpc) is 2.81. The highest BCUT2D eigenvalue weighted by Crippen LogP contribution is 2.40. The van der Waals surface area contributed by atoms with Crippen molar-refractivity contribution in [3.05, 3.63) is 35.5 Å². The molecule has 2 amide bonds. The number of halogens is 2. The zero-order valence-corrected chi connectivity index (χ0v) is 20.5. The third-order valence-corrected chi connectivity index (χ3v) is 5.87. The SMILES string of the molecule is C[C@H]1CN(c2cc(CO)cc(-c3ccnc4c3[C@H](C(F)F)OC(=O)N4)n2)CCN1C(=O)OC(C)(C)C. The van der Waals surface area contributed by atoms with Crippen LogP contribution in [0.1, 0.15) is 44.9 Å². The first-order valence-electron chi connectivity index (χ1n) is 11.6. The molecule has 1 saturated heterocycles. The molecular weight excluding hydrogens is 476 g/mol. The summed E-state index contributed by atoms with van der Waals surface area (Å²) in [6.07, 6.45) is -4.79. The molecule has 0 aromatic carbocycles. The molecule has 2 aliphatic heterocycles. The fourth-order valence-corrected chi connectivity index (χ4v) is 4.28. The average molecular weight is 506 g/mol. The predicted octanol–water partition coefficient (Wildman–Crippen LogP) is 3.95. The number of carbonyl (C=O) groups excluding carboxylic acids is 2. The van der Waals surface area contributed by atoms with Crippen molar-refractivity contribution in [2.24, 2.45) is 0 Å². The third kappa shape index (κ3) is 5.32. The molecule has 2 aromatic heterocycles. The van der Waals surface area contributed by atoms with Crippen molar-refractivity contribution in [2.75, 3.05) is 29.9 Å². The molecule has 1 fully saturated rings. The minimum absolute atomic E-state index is 0.0174. The maximum atomic E-state index is 13.8. The molecule has 4 heterocycles. The van der Waals surface area contributed by atoms with Gasteiger partial charge in [-0.25, -0.2) is 28.3 Å². The van der Waals surface area contributed by atoms with Crippen LogP contribution in [0.15, 0.2) is 24.4 Å². The fraction of sp³-hybridized carbons (Fsp3) is 0.500. The highest BCUT2D eigenvalue weighted by molar-refractivity contribution is 5.89. The Morgan fingerprint density at radius 1 is 1.33 bits per heavy atom. The standard InChI is InChI=1S/C24H29F2N5O5/c1-13-11-30(7-8-31(13)23(34)36-24(2,3)4)17-10-14(12-32)9-16(28-17)15-5-6-27-21-18(15)19(20(25)26)35-22(33)29-21/h5-6,9-10,13,19-20,32H,7-8,11-12H2,1-4H3,(H,27,29,33)/t13-,19+/m0/s1. The first-order valence-corrected chi connectivity index (χ1v) is 11.6. The van der Waals surface area contributed by atoms with E-state index in [4.69, 9.17) is 14.5 Å². The summed E-state index contributed by atoms with van der Waals surface area (Å²) >= 11 is 0. The van der Waals surface area contributed by atoms with E-state index in [0.29, 0.717) is 42.3 Å². The first kappa shape index (κ1) is 25.5. The lowest BCUT2D eigenvalue weighted by atomic mass is 9.98. The van der Waals surface area contributed by atoms with E-state index < -0.39 is 30.3 Å². The summed E-state index contributed by atoms with van der Waals surface area (Å²) in [5.41, 5.74) is 0.564. The quantitative estimate of drug-likeness (QED) is 0.642. The van der Waals surface area contributed by atoms with E-state index in [0.717, 1.165) is 0 Å². The molecule has 10 nitrogen and oxygen atoms in total. The Balaban J connectivity index is 1.66. The van der Waals surface area contributed by atoms with Gasteiger partial charge in [-0.2, -0.15) is 0 Å². The maximum Gasteiger partial charge on any atom is 0.413 e. The molecule has 0 bridgehead atoms. The van der Waals surface area contributed by atoms with Gasteiger partial charge in [-0.3, -0.25) is 5.32 Å². The molecule has 4 rings (SSSR count). The van der Waals surface area contributed by atoms with E-state index in [1.807, 2.05) is 32.6 Å². The topological polar surface area (TPSA) is 117 Å². The van der Waals surface area contributed by atoms with Crippen LogP contribution in [0.4, 0.5) is 30.0 Å². The minimum atomic E-state index is -2.97. The van der Waals surface area contributed by atoms with Crippen molar-refractivity contribution >= 4 is 23.8 Å². The lowest BCUT2D eigenvalue weighted by Gasteiger charge is -2.40. The summed E-state index contributed by atoms with van der Waals surface area (Å²) in [4.78, 5) is 36.7. The zero-order valence-electron chi connectivity index (χ0n) is 20.5. The normalized spacial score (nSPS) is 20.1. The lowest BCUT2D eigenvalue weighted by molar-refractivity contribution is -0.0168. The van der Waals surface area contributed by atoms with Gasteiger partial charge in [0.1, 0.15) is 17.2 Å². The molecule has 2 N–H and O–H groups in total. The predicted molar refractivity (Wildman–Crippen MR) is 127 cm³/mol. The van der Waals surface area contributed by atoms with Crippen LogP contribution < -0.4 is 10.2 Å². The van der Waals surface area contributed by atoms with Gasteiger partial charge in [0.2, 0.25) is 0 Å². The Labute approximate surface area is 207 Å². The van der Waals surface area contributed by atoms with Gasteiger partial charge in [0.05, 0.1) is 17.9 Å². The number of rotatable bonds is 4. The number of aliphatic hydroxyl groups is 1. The summed E-state index contributed by atoms with van der Waals surface area (Å²) < 4.78 is 37.9. The maximum absolute atomic E-state index is 13.8. The van der Waals surface area contributed by atoms with Crippen LogP contribution in [-0.4, -0.2) is 69.9 Å². The van der Waals surface area contributed by atoms with Gasteiger partial charge >= 0.3 is 12.2 Å². The van der Waals surface area contributed by atoms with Gasteiger partial charge < -0.3 is 24.4 Å². The first-order chi connectivity index (χ1) is 17.0. The number of cyclic esters (lactones) is 1. The van der Waals surface area contributed by atoms with Crippen LogP contribution in [0.2, 0.25) is 0 Å². The van der Waals surface area contributed by atoms with E-state index >= 15 is 0 Å². The molecule has 0 aliphatic carbocycles. The molecule has 2 aromatic rings. The number of anilines is 2. The number of ether oxygens (including phenoxy) is 2. The number of hydrogen-bond acceptors (Lipinski definition) is 8. The number of piperazine rings is 1. The Hall–Kier alpha value is -3.54. The smallest absolute Gasteiger partial charge is 0.413 e. The van der Waals surface area contributed by atoms with E-state index in [2.05, 4.69) is 10.3 Å². The number of nitrogens with zero attached hydrogens (tertiary/aromatic N) is 4. The monoisotopic (exact) mass is 505 g/mol. The number of aliphatic hydroxyl groups excluding tert-OH is 1. The second kappa shape index (κ2) is 9.84. The number of alkyl halides is 2. The molecule has 0 radical (unpaired) electrons. The number of pyridine rings is 2. The van der Waals surface area contributed by atoms with Crippen molar-refractivity contribution in [1.82, 2.24) is 14.9 Å². The van der Waals surface area contributed by atoms with Crippen molar-refractivity contribution in [2.45, 2.75) is 58.5 Å². The van der Waals surface area contributed by atoms with Crippen LogP contribution in [-0.2, 0) is 16.1 Å². The molecule has 12 heteroatoms. The van der Waals surface area contributed by atoms with Crippen molar-refractivity contribution < 1.29 is 33.0 Å². The van der Waals surface area contributed by atoms with Crippen molar-refractivity contribution in [3.8, 4) is 11.3 Å². The third-order valence-electron chi connectivity index (χ3n) is 5.87.